The van der Waals surface area contributed by atoms with Gasteiger partial charge in [-0.1, -0.05) is 18.5 Å². The third-order valence-electron chi connectivity index (χ3n) is 6.69. The molecular weight excluding hydrogens is 446 g/mol. The predicted molar refractivity (Wildman–Crippen MR) is 128 cm³/mol. The summed E-state index contributed by atoms with van der Waals surface area (Å²) in [6.07, 6.45) is 4.16. The summed E-state index contributed by atoms with van der Waals surface area (Å²) in [5.41, 5.74) is 2.07. The number of carbonyl (C=O) groups excluding carboxylic acids is 2. The number of nitrogens with zero attached hydrogens (tertiary/aromatic N) is 2. The fraction of sp³-hybridized carbons (Fsp3) is 0.417. The van der Waals surface area contributed by atoms with E-state index in [1.165, 1.54) is 0 Å². The van der Waals surface area contributed by atoms with Gasteiger partial charge in [-0.25, -0.2) is 0 Å². The van der Waals surface area contributed by atoms with Crippen LogP contribution in [0, 0.1) is 5.92 Å². The standard InChI is InChI=1S/C24H26ClN3O3S/c1-14-3-6-16(7-4-14)26-23(29)20-13-27-17-9-10-32-22(17)12-19(27)24(30)28(20)18-11-15(25)5-8-21(18)31-2/h5,8-12,14,16,20H,3-4,6-7,13H2,1-2H3,(H,26,29). The lowest BCUT2D eigenvalue weighted by Gasteiger charge is -2.37. The Bertz CT molecular complexity index is 1180. The molecule has 1 N–H and O–H groups in total. The summed E-state index contributed by atoms with van der Waals surface area (Å²) in [7, 11) is 1.55. The molecule has 168 valence electrons. The van der Waals surface area contributed by atoms with Crippen molar-refractivity contribution in [2.24, 2.45) is 5.92 Å². The van der Waals surface area contributed by atoms with Crippen molar-refractivity contribution in [1.82, 2.24) is 9.88 Å². The van der Waals surface area contributed by atoms with Gasteiger partial charge in [0.2, 0.25) is 5.91 Å². The number of carbonyl (C=O) groups is 2. The number of amides is 2. The van der Waals surface area contributed by atoms with Crippen molar-refractivity contribution in [3.05, 3.63) is 46.4 Å². The molecule has 2 amide bonds. The van der Waals surface area contributed by atoms with Crippen molar-refractivity contribution in [3.63, 3.8) is 0 Å². The summed E-state index contributed by atoms with van der Waals surface area (Å²) < 4.78 is 8.54. The van der Waals surface area contributed by atoms with E-state index in [1.54, 1.807) is 41.5 Å². The highest BCUT2D eigenvalue weighted by molar-refractivity contribution is 7.17. The number of nitrogens with one attached hydrogen (secondary N) is 1. The van der Waals surface area contributed by atoms with Crippen LogP contribution in [-0.4, -0.2) is 35.6 Å². The Labute approximate surface area is 196 Å². The molecule has 8 heteroatoms. The molecule has 1 unspecified atom stereocenters. The molecule has 0 saturated heterocycles. The van der Waals surface area contributed by atoms with Gasteiger partial charge in [-0.05, 0) is 67.3 Å². The van der Waals surface area contributed by atoms with Crippen LogP contribution in [0.5, 0.6) is 5.75 Å². The van der Waals surface area contributed by atoms with Gasteiger partial charge in [-0.2, -0.15) is 0 Å². The Hall–Kier alpha value is -2.51. The Kier molecular flexibility index (Phi) is 5.63. The van der Waals surface area contributed by atoms with Crippen molar-refractivity contribution in [1.29, 1.82) is 0 Å². The average molecular weight is 472 g/mol. The molecule has 1 fully saturated rings. The molecule has 1 aliphatic carbocycles. The van der Waals surface area contributed by atoms with Gasteiger partial charge in [0, 0.05) is 11.1 Å². The van der Waals surface area contributed by atoms with Crippen LogP contribution in [0.15, 0.2) is 35.7 Å². The first-order chi connectivity index (χ1) is 15.5. The molecule has 32 heavy (non-hydrogen) atoms. The SMILES string of the molecule is COc1ccc(Cl)cc1N1C(=O)c2cc3sccc3n2CC1C(=O)NC1CCC(C)CC1. The molecule has 1 aromatic carbocycles. The minimum Gasteiger partial charge on any atom is -0.495 e. The minimum atomic E-state index is -0.697. The molecule has 1 saturated carbocycles. The molecular formula is C24H26ClN3O3S. The van der Waals surface area contributed by atoms with Crippen molar-refractivity contribution in [3.8, 4) is 5.75 Å². The van der Waals surface area contributed by atoms with Crippen LogP contribution in [0.2, 0.25) is 5.02 Å². The van der Waals surface area contributed by atoms with Crippen LogP contribution >= 0.6 is 22.9 Å². The van der Waals surface area contributed by atoms with Gasteiger partial charge >= 0.3 is 0 Å². The molecule has 2 aromatic heterocycles. The van der Waals surface area contributed by atoms with E-state index in [9.17, 15) is 9.59 Å². The van der Waals surface area contributed by atoms with Gasteiger partial charge < -0.3 is 14.6 Å². The number of halogens is 1. The zero-order valence-electron chi connectivity index (χ0n) is 18.1. The summed E-state index contributed by atoms with van der Waals surface area (Å²) in [5.74, 6) is 0.843. The number of thiophene rings is 1. The normalized spacial score (nSPS) is 23.3. The Morgan fingerprint density at radius 3 is 2.72 bits per heavy atom. The maximum absolute atomic E-state index is 13.7. The van der Waals surface area contributed by atoms with Gasteiger partial charge in [0.25, 0.3) is 5.91 Å². The zero-order valence-corrected chi connectivity index (χ0v) is 19.7. The zero-order chi connectivity index (χ0) is 22.4. The molecule has 0 bridgehead atoms. The first-order valence-corrected chi connectivity index (χ1v) is 12.3. The van der Waals surface area contributed by atoms with Crippen LogP contribution in [-0.2, 0) is 11.3 Å². The van der Waals surface area contributed by atoms with E-state index in [-0.39, 0.29) is 17.9 Å². The van der Waals surface area contributed by atoms with Gasteiger partial charge in [0.05, 0.1) is 29.6 Å². The third-order valence-corrected chi connectivity index (χ3v) is 7.78. The third kappa shape index (κ3) is 3.67. The molecule has 3 heterocycles. The highest BCUT2D eigenvalue weighted by Crippen LogP contribution is 2.38. The molecule has 5 rings (SSSR count). The van der Waals surface area contributed by atoms with E-state index in [2.05, 4.69) is 12.2 Å². The number of methoxy groups -OCH3 is 1. The summed E-state index contributed by atoms with van der Waals surface area (Å²) in [4.78, 5) is 28.9. The lowest BCUT2D eigenvalue weighted by atomic mass is 9.87. The monoisotopic (exact) mass is 471 g/mol. The molecule has 0 spiro atoms. The number of hydrogen-bond acceptors (Lipinski definition) is 4. The second-order valence-electron chi connectivity index (χ2n) is 8.78. The highest BCUT2D eigenvalue weighted by Gasteiger charge is 2.41. The number of ether oxygens (including phenoxy) is 1. The van der Waals surface area contributed by atoms with Crippen molar-refractivity contribution < 1.29 is 14.3 Å². The number of fused-ring (bicyclic) bond motifs is 3. The number of hydrogen-bond donors (Lipinski definition) is 1. The number of rotatable bonds is 4. The van der Waals surface area contributed by atoms with Gasteiger partial charge in [-0.3, -0.25) is 14.5 Å². The van der Waals surface area contributed by atoms with Crippen LogP contribution in [0.25, 0.3) is 10.2 Å². The number of benzene rings is 1. The average Bonchev–Trinajstić information content (AvgIpc) is 3.37. The molecule has 6 nitrogen and oxygen atoms in total. The maximum atomic E-state index is 13.7. The van der Waals surface area contributed by atoms with E-state index in [4.69, 9.17) is 16.3 Å². The molecule has 0 radical (unpaired) electrons. The van der Waals surface area contributed by atoms with E-state index < -0.39 is 6.04 Å². The van der Waals surface area contributed by atoms with Crippen molar-refractivity contribution >= 4 is 50.7 Å². The fourth-order valence-electron chi connectivity index (χ4n) is 4.90. The molecule has 1 aliphatic heterocycles. The van der Waals surface area contributed by atoms with Crippen LogP contribution in [0.3, 0.4) is 0 Å². The minimum absolute atomic E-state index is 0.136. The lowest BCUT2D eigenvalue weighted by Crippen LogP contribution is -2.57. The second-order valence-corrected chi connectivity index (χ2v) is 10.2. The van der Waals surface area contributed by atoms with Gasteiger partial charge in [-0.15, -0.1) is 11.3 Å². The second kappa shape index (κ2) is 8.45. The summed E-state index contributed by atoms with van der Waals surface area (Å²) >= 11 is 7.88. The highest BCUT2D eigenvalue weighted by atomic mass is 35.5. The van der Waals surface area contributed by atoms with Crippen LogP contribution in [0.1, 0.15) is 43.1 Å². The van der Waals surface area contributed by atoms with Crippen LogP contribution in [0.4, 0.5) is 5.69 Å². The summed E-state index contributed by atoms with van der Waals surface area (Å²) in [6.45, 7) is 2.64. The topological polar surface area (TPSA) is 63.6 Å². The Morgan fingerprint density at radius 1 is 1.19 bits per heavy atom. The van der Waals surface area contributed by atoms with Gasteiger partial charge in [0.1, 0.15) is 17.5 Å². The first kappa shape index (κ1) is 21.3. The smallest absolute Gasteiger partial charge is 0.275 e. The van der Waals surface area contributed by atoms with Crippen LogP contribution < -0.4 is 15.0 Å². The summed E-state index contributed by atoms with van der Waals surface area (Å²) in [5, 5.41) is 5.72. The van der Waals surface area contributed by atoms with Crippen molar-refractivity contribution in [2.45, 2.75) is 51.2 Å². The van der Waals surface area contributed by atoms with E-state index in [0.29, 0.717) is 34.6 Å². The molecule has 3 aromatic rings. The number of anilines is 1. The quantitative estimate of drug-likeness (QED) is 0.576. The molecule has 1 atom stereocenters. The maximum Gasteiger partial charge on any atom is 0.275 e. The predicted octanol–water partition coefficient (Wildman–Crippen LogP) is 5.09. The number of aromatic nitrogens is 1. The molecule has 2 aliphatic rings. The Balaban J connectivity index is 1.55. The fourth-order valence-corrected chi connectivity index (χ4v) is 5.89. The Morgan fingerprint density at radius 2 is 1.97 bits per heavy atom. The largest absolute Gasteiger partial charge is 0.495 e. The van der Waals surface area contributed by atoms with E-state index >= 15 is 0 Å². The first-order valence-electron chi connectivity index (χ1n) is 11.0. The van der Waals surface area contributed by atoms with Crippen molar-refractivity contribution in [2.75, 3.05) is 12.0 Å². The van der Waals surface area contributed by atoms with E-state index in [1.807, 2.05) is 22.1 Å². The summed E-state index contributed by atoms with van der Waals surface area (Å²) in [6, 6.07) is 8.50. The lowest BCUT2D eigenvalue weighted by molar-refractivity contribution is -0.123. The van der Waals surface area contributed by atoms with Gasteiger partial charge in [0.15, 0.2) is 0 Å². The van der Waals surface area contributed by atoms with E-state index in [0.717, 1.165) is 35.9 Å².